The first kappa shape index (κ1) is 15.5. The second kappa shape index (κ2) is 6.36. The lowest BCUT2D eigenvalue weighted by molar-refractivity contribution is 0.102. The highest BCUT2D eigenvalue weighted by Gasteiger charge is 2.14. The number of hydrogen-bond acceptors (Lipinski definition) is 4. The zero-order chi connectivity index (χ0) is 16.4. The van der Waals surface area contributed by atoms with Gasteiger partial charge in [0.05, 0.1) is 21.9 Å². The molecule has 0 unspecified atom stereocenters. The number of rotatable bonds is 3. The lowest BCUT2D eigenvalue weighted by Crippen LogP contribution is -2.14. The Morgan fingerprint density at radius 2 is 2.00 bits per heavy atom. The number of aryl methyl sites for hydroxylation is 1. The molecule has 0 saturated carbocycles. The minimum Gasteiger partial charge on any atom is -0.304 e. The van der Waals surface area contributed by atoms with E-state index >= 15 is 0 Å². The van der Waals surface area contributed by atoms with Gasteiger partial charge in [0.2, 0.25) is 0 Å². The summed E-state index contributed by atoms with van der Waals surface area (Å²) < 4.78 is 1.62. The molecule has 8 heteroatoms. The molecule has 1 aromatic carbocycles. The molecule has 23 heavy (non-hydrogen) atoms. The number of carbonyl (C=O) groups excluding carboxylic acids is 1. The van der Waals surface area contributed by atoms with Crippen LogP contribution in [0.25, 0.3) is 5.69 Å². The summed E-state index contributed by atoms with van der Waals surface area (Å²) in [5.41, 5.74) is 1.77. The van der Waals surface area contributed by atoms with Gasteiger partial charge in [0.25, 0.3) is 5.91 Å². The molecule has 0 aliphatic carbocycles. The van der Waals surface area contributed by atoms with Gasteiger partial charge in [-0.05, 0) is 31.2 Å². The molecule has 0 spiro atoms. The predicted octanol–water partition coefficient (Wildman–Crippen LogP) is 3.53. The molecule has 6 nitrogen and oxygen atoms in total. The highest BCUT2D eigenvalue weighted by atomic mass is 35.5. The van der Waals surface area contributed by atoms with Gasteiger partial charge in [-0.15, -0.1) is 0 Å². The van der Waals surface area contributed by atoms with E-state index in [2.05, 4.69) is 20.4 Å². The van der Waals surface area contributed by atoms with Crippen LogP contribution in [0.2, 0.25) is 10.0 Å². The summed E-state index contributed by atoms with van der Waals surface area (Å²) in [6.45, 7) is 1.84. The third kappa shape index (κ3) is 3.33. The molecule has 0 fully saturated rings. The highest BCUT2D eigenvalue weighted by molar-refractivity contribution is 6.42. The number of nitrogens with one attached hydrogen (secondary N) is 1. The second-order valence-corrected chi connectivity index (χ2v) is 5.54. The van der Waals surface area contributed by atoms with Crippen molar-refractivity contribution >= 4 is 34.9 Å². The molecular weight excluding hydrogens is 337 g/mol. The summed E-state index contributed by atoms with van der Waals surface area (Å²) >= 11 is 11.9. The van der Waals surface area contributed by atoms with E-state index < -0.39 is 0 Å². The van der Waals surface area contributed by atoms with Crippen molar-refractivity contribution in [1.29, 1.82) is 0 Å². The van der Waals surface area contributed by atoms with Crippen molar-refractivity contribution in [2.75, 3.05) is 5.32 Å². The van der Waals surface area contributed by atoms with Gasteiger partial charge < -0.3 is 5.32 Å². The maximum atomic E-state index is 12.2. The van der Waals surface area contributed by atoms with Crippen LogP contribution in [-0.4, -0.2) is 25.7 Å². The van der Waals surface area contributed by atoms with E-state index in [1.165, 1.54) is 18.6 Å². The number of benzene rings is 1. The second-order valence-electron chi connectivity index (χ2n) is 4.73. The van der Waals surface area contributed by atoms with Crippen molar-refractivity contribution in [2.24, 2.45) is 0 Å². The molecule has 3 aromatic rings. The molecule has 0 aliphatic rings. The third-order valence-corrected chi connectivity index (χ3v) is 3.81. The molecule has 116 valence electrons. The molecule has 3 rings (SSSR count). The van der Waals surface area contributed by atoms with Crippen molar-refractivity contribution in [3.63, 3.8) is 0 Å². The normalized spacial score (nSPS) is 10.6. The number of hydrogen-bond donors (Lipinski definition) is 1. The molecular formula is C15H11Cl2N5O. The Morgan fingerprint density at radius 1 is 1.17 bits per heavy atom. The van der Waals surface area contributed by atoms with Gasteiger partial charge in [-0.25, -0.2) is 9.67 Å². The Balaban J connectivity index is 1.88. The maximum absolute atomic E-state index is 12.2. The predicted molar refractivity (Wildman–Crippen MR) is 88.3 cm³/mol. The molecule has 0 bridgehead atoms. The number of halogens is 2. The molecule has 1 amide bonds. The van der Waals surface area contributed by atoms with Gasteiger partial charge in [-0.1, -0.05) is 23.2 Å². The molecule has 1 N–H and O–H groups in total. The summed E-state index contributed by atoms with van der Waals surface area (Å²) in [6.07, 6.45) is 4.48. The SMILES string of the molecule is Cc1cc(C(=O)Nc2cnccn2)nn1-c1ccc(Cl)c(Cl)c1. The smallest absolute Gasteiger partial charge is 0.277 e. The van der Waals surface area contributed by atoms with Gasteiger partial charge in [-0.3, -0.25) is 9.78 Å². The molecule has 2 aromatic heterocycles. The third-order valence-electron chi connectivity index (χ3n) is 3.07. The Kier molecular flexibility index (Phi) is 4.27. The first-order valence-corrected chi connectivity index (χ1v) is 7.39. The Bertz CT molecular complexity index is 864. The zero-order valence-corrected chi connectivity index (χ0v) is 13.5. The maximum Gasteiger partial charge on any atom is 0.277 e. The first-order chi connectivity index (χ1) is 11.0. The monoisotopic (exact) mass is 347 g/mol. The average molecular weight is 348 g/mol. The van der Waals surface area contributed by atoms with E-state index in [-0.39, 0.29) is 11.6 Å². The average Bonchev–Trinajstić information content (AvgIpc) is 2.93. The lowest BCUT2D eigenvalue weighted by Gasteiger charge is -2.05. The Hall–Kier alpha value is -2.44. The molecule has 0 saturated heterocycles. The molecule has 0 aliphatic heterocycles. The van der Waals surface area contributed by atoms with E-state index in [0.29, 0.717) is 15.9 Å². The van der Waals surface area contributed by atoms with Crippen molar-refractivity contribution in [3.8, 4) is 5.69 Å². The largest absolute Gasteiger partial charge is 0.304 e. The Morgan fingerprint density at radius 3 is 2.70 bits per heavy atom. The van der Waals surface area contributed by atoms with Gasteiger partial charge in [0.15, 0.2) is 11.5 Å². The van der Waals surface area contributed by atoms with Crippen molar-refractivity contribution in [2.45, 2.75) is 6.92 Å². The van der Waals surface area contributed by atoms with Gasteiger partial charge in [-0.2, -0.15) is 5.10 Å². The highest BCUT2D eigenvalue weighted by Crippen LogP contribution is 2.25. The summed E-state index contributed by atoms with van der Waals surface area (Å²) in [4.78, 5) is 20.1. The van der Waals surface area contributed by atoms with E-state index in [4.69, 9.17) is 23.2 Å². The van der Waals surface area contributed by atoms with Crippen LogP contribution in [0.5, 0.6) is 0 Å². The number of carbonyl (C=O) groups is 1. The van der Waals surface area contributed by atoms with E-state index in [1.54, 1.807) is 28.9 Å². The van der Waals surface area contributed by atoms with Crippen LogP contribution in [-0.2, 0) is 0 Å². The van der Waals surface area contributed by atoms with Crippen molar-refractivity contribution < 1.29 is 4.79 Å². The van der Waals surface area contributed by atoms with Gasteiger partial charge in [0.1, 0.15) is 0 Å². The van der Waals surface area contributed by atoms with Crippen molar-refractivity contribution in [1.82, 2.24) is 19.7 Å². The minimum absolute atomic E-state index is 0.263. The number of nitrogens with zero attached hydrogens (tertiary/aromatic N) is 4. The van der Waals surface area contributed by atoms with E-state index in [1.807, 2.05) is 6.92 Å². The zero-order valence-electron chi connectivity index (χ0n) is 12.0. The summed E-state index contributed by atoms with van der Waals surface area (Å²) in [7, 11) is 0. The first-order valence-electron chi connectivity index (χ1n) is 6.64. The van der Waals surface area contributed by atoms with Crippen LogP contribution >= 0.6 is 23.2 Å². The van der Waals surface area contributed by atoms with Crippen LogP contribution in [0, 0.1) is 6.92 Å². The lowest BCUT2D eigenvalue weighted by atomic mass is 10.3. The standard InChI is InChI=1S/C15H11Cl2N5O/c1-9-6-13(15(23)20-14-8-18-4-5-19-14)21-22(9)10-2-3-11(16)12(17)7-10/h2-8H,1H3,(H,19,20,23). The van der Waals surface area contributed by atoms with E-state index in [9.17, 15) is 4.79 Å². The van der Waals surface area contributed by atoms with Crippen LogP contribution in [0.1, 0.15) is 16.2 Å². The van der Waals surface area contributed by atoms with Crippen LogP contribution in [0.4, 0.5) is 5.82 Å². The van der Waals surface area contributed by atoms with Crippen LogP contribution in [0.3, 0.4) is 0 Å². The number of amides is 1. The number of aromatic nitrogens is 4. The quantitative estimate of drug-likeness (QED) is 0.786. The molecule has 2 heterocycles. The summed E-state index contributed by atoms with van der Waals surface area (Å²) in [6, 6.07) is 6.82. The Labute approximate surface area is 142 Å². The van der Waals surface area contributed by atoms with E-state index in [0.717, 1.165) is 11.4 Å². The fraction of sp³-hybridized carbons (Fsp3) is 0.0667. The van der Waals surface area contributed by atoms with Crippen LogP contribution < -0.4 is 5.32 Å². The fourth-order valence-electron chi connectivity index (χ4n) is 2.01. The van der Waals surface area contributed by atoms with Crippen LogP contribution in [0.15, 0.2) is 42.9 Å². The molecule has 0 atom stereocenters. The van der Waals surface area contributed by atoms with Crippen molar-refractivity contribution in [3.05, 3.63) is 64.3 Å². The van der Waals surface area contributed by atoms with Gasteiger partial charge >= 0.3 is 0 Å². The van der Waals surface area contributed by atoms with Gasteiger partial charge in [0, 0.05) is 18.1 Å². The summed E-state index contributed by atoms with van der Waals surface area (Å²) in [5.74, 6) is -0.00773. The topological polar surface area (TPSA) is 72.7 Å². The number of anilines is 1. The summed E-state index contributed by atoms with van der Waals surface area (Å²) in [5, 5.41) is 7.82. The molecule has 0 radical (unpaired) electrons. The minimum atomic E-state index is -0.368. The fourth-order valence-corrected chi connectivity index (χ4v) is 2.30.